The van der Waals surface area contributed by atoms with Crippen molar-refractivity contribution in [2.24, 2.45) is 0 Å². The number of piperazine rings is 1. The van der Waals surface area contributed by atoms with Crippen molar-refractivity contribution < 1.29 is 9.59 Å². The second kappa shape index (κ2) is 8.57. The van der Waals surface area contributed by atoms with Crippen LogP contribution in [0.25, 0.3) is 0 Å². The summed E-state index contributed by atoms with van der Waals surface area (Å²) in [4.78, 5) is 28.4. The lowest BCUT2D eigenvalue weighted by atomic mass is 10.2. The van der Waals surface area contributed by atoms with Gasteiger partial charge in [-0.15, -0.1) is 0 Å². The van der Waals surface area contributed by atoms with Crippen molar-refractivity contribution in [3.05, 3.63) is 30.3 Å². The van der Waals surface area contributed by atoms with Gasteiger partial charge >= 0.3 is 6.03 Å². The third kappa shape index (κ3) is 4.88. The van der Waals surface area contributed by atoms with Crippen LogP contribution in [0.1, 0.15) is 27.2 Å². The first-order valence-corrected chi connectivity index (χ1v) is 8.67. The topological polar surface area (TPSA) is 64.7 Å². The third-order valence-corrected chi connectivity index (χ3v) is 4.42. The van der Waals surface area contributed by atoms with Crippen LogP contribution in [0, 0.1) is 0 Å². The van der Waals surface area contributed by atoms with Crippen LogP contribution >= 0.6 is 0 Å². The number of para-hydroxylation sites is 1. The molecule has 0 unspecified atom stereocenters. The summed E-state index contributed by atoms with van der Waals surface area (Å²) >= 11 is 0. The van der Waals surface area contributed by atoms with E-state index in [0.717, 1.165) is 19.5 Å². The minimum absolute atomic E-state index is 0.117. The first-order valence-electron chi connectivity index (χ1n) is 8.67. The molecule has 1 saturated heterocycles. The second-order valence-electron chi connectivity index (χ2n) is 6.30. The van der Waals surface area contributed by atoms with Crippen molar-refractivity contribution >= 4 is 17.6 Å². The maximum absolute atomic E-state index is 12.3. The lowest BCUT2D eigenvalue weighted by Gasteiger charge is -2.36. The van der Waals surface area contributed by atoms with Crippen LogP contribution in [-0.4, -0.2) is 55.1 Å². The van der Waals surface area contributed by atoms with E-state index >= 15 is 0 Å². The predicted molar refractivity (Wildman–Crippen MR) is 96.1 cm³/mol. The molecule has 6 nitrogen and oxygen atoms in total. The molecule has 0 spiro atoms. The van der Waals surface area contributed by atoms with Gasteiger partial charge in [-0.2, -0.15) is 0 Å². The smallest absolute Gasteiger partial charge is 0.318 e. The summed E-state index contributed by atoms with van der Waals surface area (Å²) in [5.41, 5.74) is 1.18. The van der Waals surface area contributed by atoms with E-state index in [1.165, 1.54) is 5.69 Å². The van der Waals surface area contributed by atoms with Crippen LogP contribution in [0.5, 0.6) is 0 Å². The van der Waals surface area contributed by atoms with Crippen molar-refractivity contribution in [1.82, 2.24) is 15.5 Å². The molecule has 1 fully saturated rings. The van der Waals surface area contributed by atoms with Crippen molar-refractivity contribution in [2.75, 3.05) is 31.1 Å². The van der Waals surface area contributed by atoms with Crippen LogP contribution in [0.15, 0.2) is 30.3 Å². The van der Waals surface area contributed by atoms with E-state index in [2.05, 4.69) is 27.7 Å². The summed E-state index contributed by atoms with van der Waals surface area (Å²) < 4.78 is 0. The number of carbonyl (C=O) groups is 2. The number of anilines is 1. The van der Waals surface area contributed by atoms with Crippen molar-refractivity contribution in [1.29, 1.82) is 0 Å². The summed E-state index contributed by atoms with van der Waals surface area (Å²) in [5, 5.41) is 5.68. The molecule has 132 valence electrons. The van der Waals surface area contributed by atoms with Gasteiger partial charge in [-0.05, 0) is 32.4 Å². The normalized spacial score (nSPS) is 17.1. The SMILES string of the molecule is CC[C@@H](C)NC(=O)[C@@H](C)NC(=O)N1CCN(c2ccccc2)CC1. The maximum Gasteiger partial charge on any atom is 0.318 e. The summed E-state index contributed by atoms with van der Waals surface area (Å²) in [6.07, 6.45) is 0.869. The minimum Gasteiger partial charge on any atom is -0.368 e. The average molecular weight is 332 g/mol. The Morgan fingerprint density at radius 2 is 1.67 bits per heavy atom. The number of hydrogen-bond acceptors (Lipinski definition) is 3. The van der Waals surface area contributed by atoms with Gasteiger partial charge in [0.15, 0.2) is 0 Å². The highest BCUT2D eigenvalue weighted by molar-refractivity contribution is 5.86. The van der Waals surface area contributed by atoms with Gasteiger partial charge in [0.25, 0.3) is 0 Å². The number of urea groups is 1. The molecule has 2 rings (SSSR count). The van der Waals surface area contributed by atoms with Crippen molar-refractivity contribution in [3.8, 4) is 0 Å². The lowest BCUT2D eigenvalue weighted by molar-refractivity contribution is -0.123. The van der Waals surface area contributed by atoms with Crippen molar-refractivity contribution in [2.45, 2.75) is 39.3 Å². The molecule has 0 bridgehead atoms. The predicted octanol–water partition coefficient (Wildman–Crippen LogP) is 1.82. The molecule has 2 N–H and O–H groups in total. The van der Waals surface area contributed by atoms with E-state index in [4.69, 9.17) is 0 Å². The fourth-order valence-corrected chi connectivity index (χ4v) is 2.62. The van der Waals surface area contributed by atoms with E-state index in [1.54, 1.807) is 11.8 Å². The second-order valence-corrected chi connectivity index (χ2v) is 6.30. The van der Waals surface area contributed by atoms with Gasteiger partial charge < -0.3 is 20.4 Å². The highest BCUT2D eigenvalue weighted by atomic mass is 16.2. The number of benzene rings is 1. The molecule has 2 atom stereocenters. The van der Waals surface area contributed by atoms with Gasteiger partial charge in [-0.3, -0.25) is 4.79 Å². The molecule has 24 heavy (non-hydrogen) atoms. The maximum atomic E-state index is 12.3. The number of carbonyl (C=O) groups excluding carboxylic acids is 2. The number of hydrogen-bond donors (Lipinski definition) is 2. The summed E-state index contributed by atoms with van der Waals surface area (Å²) in [6, 6.07) is 9.62. The molecule has 1 aliphatic heterocycles. The molecule has 1 aliphatic rings. The Balaban J connectivity index is 1.79. The van der Waals surface area contributed by atoms with E-state index in [9.17, 15) is 9.59 Å². The molecule has 3 amide bonds. The van der Waals surface area contributed by atoms with Crippen LogP contribution < -0.4 is 15.5 Å². The van der Waals surface area contributed by atoms with Crippen LogP contribution in [-0.2, 0) is 4.79 Å². The van der Waals surface area contributed by atoms with Gasteiger partial charge in [0.05, 0.1) is 0 Å². The Morgan fingerprint density at radius 3 is 2.25 bits per heavy atom. The monoisotopic (exact) mass is 332 g/mol. The molecule has 0 saturated carbocycles. The van der Waals surface area contributed by atoms with Crippen LogP contribution in [0.2, 0.25) is 0 Å². The van der Waals surface area contributed by atoms with E-state index < -0.39 is 6.04 Å². The van der Waals surface area contributed by atoms with Gasteiger partial charge in [-0.1, -0.05) is 25.1 Å². The molecular weight excluding hydrogens is 304 g/mol. The molecule has 0 radical (unpaired) electrons. The fraction of sp³-hybridized carbons (Fsp3) is 0.556. The van der Waals surface area contributed by atoms with E-state index in [0.29, 0.717) is 13.1 Å². The molecule has 6 heteroatoms. The van der Waals surface area contributed by atoms with Crippen LogP contribution in [0.3, 0.4) is 0 Å². The Morgan fingerprint density at radius 1 is 1.04 bits per heavy atom. The zero-order valence-electron chi connectivity index (χ0n) is 14.8. The van der Waals surface area contributed by atoms with E-state index in [-0.39, 0.29) is 18.0 Å². The Bertz CT molecular complexity index is 541. The third-order valence-electron chi connectivity index (χ3n) is 4.42. The number of nitrogens with one attached hydrogen (secondary N) is 2. The summed E-state index contributed by atoms with van der Waals surface area (Å²) in [5.74, 6) is -0.138. The zero-order chi connectivity index (χ0) is 17.5. The van der Waals surface area contributed by atoms with E-state index in [1.807, 2.05) is 32.0 Å². The number of rotatable bonds is 5. The minimum atomic E-state index is -0.529. The molecular formula is C18H28N4O2. The Kier molecular flexibility index (Phi) is 6.46. The fourth-order valence-electron chi connectivity index (χ4n) is 2.62. The average Bonchev–Trinajstić information content (AvgIpc) is 2.62. The standard InChI is InChI=1S/C18H28N4O2/c1-4-14(2)19-17(23)15(3)20-18(24)22-12-10-21(11-13-22)16-8-6-5-7-9-16/h5-9,14-15H,4,10-13H2,1-3H3,(H,19,23)(H,20,24)/t14-,15-/m1/s1. The summed E-state index contributed by atoms with van der Waals surface area (Å²) in [7, 11) is 0. The van der Waals surface area contributed by atoms with Crippen LogP contribution in [0.4, 0.5) is 10.5 Å². The molecule has 1 aromatic carbocycles. The largest absolute Gasteiger partial charge is 0.368 e. The van der Waals surface area contributed by atoms with Gasteiger partial charge in [0, 0.05) is 37.9 Å². The zero-order valence-corrected chi connectivity index (χ0v) is 14.8. The Labute approximate surface area is 144 Å². The highest BCUT2D eigenvalue weighted by Gasteiger charge is 2.24. The molecule has 1 aromatic rings. The first kappa shape index (κ1) is 18.1. The summed E-state index contributed by atoms with van der Waals surface area (Å²) in [6.45, 7) is 8.59. The van der Waals surface area contributed by atoms with Gasteiger partial charge in [0.2, 0.25) is 5.91 Å². The Hall–Kier alpha value is -2.24. The van der Waals surface area contributed by atoms with Gasteiger partial charge in [0.1, 0.15) is 6.04 Å². The lowest BCUT2D eigenvalue weighted by Crippen LogP contribution is -2.55. The number of amides is 3. The number of nitrogens with zero attached hydrogens (tertiary/aromatic N) is 2. The first-order chi connectivity index (χ1) is 11.5. The quantitative estimate of drug-likeness (QED) is 0.864. The molecule has 1 heterocycles. The van der Waals surface area contributed by atoms with Gasteiger partial charge in [-0.25, -0.2) is 4.79 Å². The molecule has 0 aliphatic carbocycles. The molecule has 0 aromatic heterocycles. The highest BCUT2D eigenvalue weighted by Crippen LogP contribution is 2.15. The van der Waals surface area contributed by atoms with Crippen molar-refractivity contribution in [3.63, 3.8) is 0 Å².